The third-order valence-electron chi connectivity index (χ3n) is 3.36. The lowest BCUT2D eigenvalue weighted by Gasteiger charge is -2.37. The molecule has 2 aliphatic heterocycles. The third kappa shape index (κ3) is 3.33. The molecule has 0 aromatic heterocycles. The van der Waals surface area contributed by atoms with Crippen molar-refractivity contribution < 1.29 is 13.2 Å². The van der Waals surface area contributed by atoms with E-state index in [1.165, 1.54) is 4.90 Å². The molecule has 0 aromatic carbocycles. The second-order valence-electron chi connectivity index (χ2n) is 4.57. The van der Waals surface area contributed by atoms with Gasteiger partial charge in [0.05, 0.1) is 6.54 Å². The van der Waals surface area contributed by atoms with Gasteiger partial charge in [0.15, 0.2) is 0 Å². The summed E-state index contributed by atoms with van der Waals surface area (Å²) in [7, 11) is 0. The van der Waals surface area contributed by atoms with Gasteiger partial charge in [-0.1, -0.05) is 0 Å². The molecule has 0 aliphatic carbocycles. The second kappa shape index (κ2) is 4.89. The summed E-state index contributed by atoms with van der Waals surface area (Å²) >= 11 is 0. The Kier molecular flexibility index (Phi) is 3.71. The summed E-state index contributed by atoms with van der Waals surface area (Å²) in [5.74, 6) is 0. The standard InChI is InChI=1S/C10H18F3N3/c11-10(12,13)8-15-3-5-16(6-4-15)9-1-2-14-7-9/h9,14H,1-8H2/t9-/m1/s1. The predicted octanol–water partition coefficient (Wildman–Crippen LogP) is 0.528. The predicted molar refractivity (Wildman–Crippen MR) is 55.3 cm³/mol. The van der Waals surface area contributed by atoms with Gasteiger partial charge in [0, 0.05) is 38.8 Å². The lowest BCUT2D eigenvalue weighted by molar-refractivity contribution is -0.149. The highest BCUT2D eigenvalue weighted by atomic mass is 19.4. The zero-order valence-corrected chi connectivity index (χ0v) is 9.26. The Bertz CT molecular complexity index is 218. The molecule has 3 nitrogen and oxygen atoms in total. The van der Waals surface area contributed by atoms with Crippen LogP contribution in [0.3, 0.4) is 0 Å². The smallest absolute Gasteiger partial charge is 0.315 e. The molecule has 0 bridgehead atoms. The van der Waals surface area contributed by atoms with E-state index in [1.54, 1.807) is 0 Å². The summed E-state index contributed by atoms with van der Waals surface area (Å²) in [4.78, 5) is 3.81. The number of alkyl halides is 3. The number of halogens is 3. The molecule has 0 amide bonds. The molecule has 1 atom stereocenters. The Morgan fingerprint density at radius 2 is 1.81 bits per heavy atom. The topological polar surface area (TPSA) is 18.5 Å². The van der Waals surface area contributed by atoms with Crippen LogP contribution in [0, 0.1) is 0 Å². The zero-order valence-electron chi connectivity index (χ0n) is 9.26. The molecule has 94 valence electrons. The Balaban J connectivity index is 1.74. The summed E-state index contributed by atoms with van der Waals surface area (Å²) < 4.78 is 36.5. The van der Waals surface area contributed by atoms with Gasteiger partial charge in [-0.05, 0) is 13.0 Å². The first-order chi connectivity index (χ1) is 7.54. The number of nitrogens with zero attached hydrogens (tertiary/aromatic N) is 2. The van der Waals surface area contributed by atoms with Crippen LogP contribution >= 0.6 is 0 Å². The van der Waals surface area contributed by atoms with Gasteiger partial charge in [-0.25, -0.2) is 0 Å². The Morgan fingerprint density at radius 3 is 2.31 bits per heavy atom. The van der Waals surface area contributed by atoms with Crippen LogP contribution in [0.5, 0.6) is 0 Å². The average Bonchev–Trinajstić information content (AvgIpc) is 2.69. The molecule has 2 saturated heterocycles. The maximum absolute atomic E-state index is 12.2. The zero-order chi connectivity index (χ0) is 11.6. The van der Waals surface area contributed by atoms with Gasteiger partial charge in [0.25, 0.3) is 0 Å². The van der Waals surface area contributed by atoms with Gasteiger partial charge in [-0.15, -0.1) is 0 Å². The molecule has 0 spiro atoms. The van der Waals surface area contributed by atoms with E-state index in [-0.39, 0.29) is 0 Å². The summed E-state index contributed by atoms with van der Waals surface area (Å²) in [6.07, 6.45) is -2.93. The number of piperazine rings is 1. The fourth-order valence-corrected chi connectivity index (χ4v) is 2.49. The molecule has 0 saturated carbocycles. The molecular weight excluding hydrogens is 219 g/mol. The van der Waals surface area contributed by atoms with E-state index in [2.05, 4.69) is 10.2 Å². The Hall–Kier alpha value is -0.330. The van der Waals surface area contributed by atoms with Gasteiger partial charge in [0.2, 0.25) is 0 Å². The van der Waals surface area contributed by atoms with E-state index in [4.69, 9.17) is 0 Å². The van der Waals surface area contributed by atoms with E-state index in [9.17, 15) is 13.2 Å². The molecule has 0 unspecified atom stereocenters. The lowest BCUT2D eigenvalue weighted by atomic mass is 10.2. The molecular formula is C10H18F3N3. The molecule has 0 aromatic rings. The monoisotopic (exact) mass is 237 g/mol. The number of nitrogens with one attached hydrogen (secondary N) is 1. The molecule has 6 heteroatoms. The lowest BCUT2D eigenvalue weighted by Crippen LogP contribution is -2.52. The van der Waals surface area contributed by atoms with Crippen LogP contribution in [0.2, 0.25) is 0 Å². The molecule has 16 heavy (non-hydrogen) atoms. The Morgan fingerprint density at radius 1 is 1.12 bits per heavy atom. The first kappa shape index (κ1) is 12.1. The van der Waals surface area contributed by atoms with Gasteiger partial charge in [-0.2, -0.15) is 13.2 Å². The van der Waals surface area contributed by atoms with Gasteiger partial charge < -0.3 is 5.32 Å². The van der Waals surface area contributed by atoms with Crippen molar-refractivity contribution in [2.75, 3.05) is 45.8 Å². The molecule has 2 fully saturated rings. The first-order valence-corrected chi connectivity index (χ1v) is 5.78. The minimum atomic E-state index is -4.06. The number of rotatable bonds is 2. The van der Waals surface area contributed by atoms with Gasteiger partial charge in [0.1, 0.15) is 0 Å². The van der Waals surface area contributed by atoms with E-state index in [0.717, 1.165) is 32.6 Å². The summed E-state index contributed by atoms with van der Waals surface area (Å²) in [5, 5.41) is 3.28. The fourth-order valence-electron chi connectivity index (χ4n) is 2.49. The molecule has 2 heterocycles. The molecule has 1 N–H and O–H groups in total. The SMILES string of the molecule is FC(F)(F)CN1CCN([C@@H]2CCNC2)CC1. The fraction of sp³-hybridized carbons (Fsp3) is 1.00. The highest BCUT2D eigenvalue weighted by Gasteiger charge is 2.33. The van der Waals surface area contributed by atoms with E-state index in [0.29, 0.717) is 19.1 Å². The van der Waals surface area contributed by atoms with Crippen LogP contribution in [-0.4, -0.2) is 67.8 Å². The highest BCUT2D eigenvalue weighted by molar-refractivity contribution is 4.84. The summed E-state index contributed by atoms with van der Waals surface area (Å²) in [6.45, 7) is 3.87. The largest absolute Gasteiger partial charge is 0.401 e. The van der Waals surface area contributed by atoms with Crippen LogP contribution in [0.1, 0.15) is 6.42 Å². The van der Waals surface area contributed by atoms with Crippen molar-refractivity contribution in [2.45, 2.75) is 18.6 Å². The molecule has 0 radical (unpaired) electrons. The first-order valence-electron chi connectivity index (χ1n) is 5.78. The molecule has 2 aliphatic rings. The van der Waals surface area contributed by atoms with Crippen LogP contribution in [0.25, 0.3) is 0 Å². The highest BCUT2D eigenvalue weighted by Crippen LogP contribution is 2.18. The maximum atomic E-state index is 12.2. The minimum Gasteiger partial charge on any atom is -0.315 e. The van der Waals surface area contributed by atoms with Crippen molar-refractivity contribution in [1.29, 1.82) is 0 Å². The van der Waals surface area contributed by atoms with E-state index < -0.39 is 12.7 Å². The molecule has 2 rings (SSSR count). The van der Waals surface area contributed by atoms with Gasteiger partial charge >= 0.3 is 6.18 Å². The van der Waals surface area contributed by atoms with Crippen molar-refractivity contribution in [2.24, 2.45) is 0 Å². The number of hydrogen-bond donors (Lipinski definition) is 1. The van der Waals surface area contributed by atoms with E-state index >= 15 is 0 Å². The quantitative estimate of drug-likeness (QED) is 0.755. The second-order valence-corrected chi connectivity index (χ2v) is 4.57. The van der Waals surface area contributed by atoms with Crippen molar-refractivity contribution in [3.05, 3.63) is 0 Å². The van der Waals surface area contributed by atoms with Crippen LogP contribution in [0.15, 0.2) is 0 Å². The van der Waals surface area contributed by atoms with Crippen molar-refractivity contribution in [1.82, 2.24) is 15.1 Å². The van der Waals surface area contributed by atoms with Crippen LogP contribution in [0.4, 0.5) is 13.2 Å². The Labute approximate surface area is 93.6 Å². The van der Waals surface area contributed by atoms with Crippen molar-refractivity contribution >= 4 is 0 Å². The van der Waals surface area contributed by atoms with Gasteiger partial charge in [-0.3, -0.25) is 9.80 Å². The summed E-state index contributed by atoms with van der Waals surface area (Å²) in [6, 6.07) is 0.535. The van der Waals surface area contributed by atoms with Crippen LogP contribution < -0.4 is 5.32 Å². The summed E-state index contributed by atoms with van der Waals surface area (Å²) in [5.41, 5.74) is 0. The van der Waals surface area contributed by atoms with Crippen LogP contribution in [-0.2, 0) is 0 Å². The third-order valence-corrected chi connectivity index (χ3v) is 3.36. The normalized spacial score (nSPS) is 29.8. The number of hydrogen-bond acceptors (Lipinski definition) is 3. The van der Waals surface area contributed by atoms with Crippen molar-refractivity contribution in [3.63, 3.8) is 0 Å². The minimum absolute atomic E-state index is 0.535. The average molecular weight is 237 g/mol. The van der Waals surface area contributed by atoms with Crippen molar-refractivity contribution in [3.8, 4) is 0 Å². The maximum Gasteiger partial charge on any atom is 0.401 e. The van der Waals surface area contributed by atoms with E-state index in [1.807, 2.05) is 0 Å².